The monoisotopic (exact) mass is 279 g/mol. The largest absolute Gasteiger partial charge is 0.493 e. The van der Waals surface area contributed by atoms with Gasteiger partial charge in [-0.3, -0.25) is 4.79 Å². The Morgan fingerprint density at radius 1 is 1.40 bits per heavy atom. The molecule has 0 bridgehead atoms. The fraction of sp³-hybridized carbons (Fsp3) is 0.533. The molecular formula is C15H25N3O2. The summed E-state index contributed by atoms with van der Waals surface area (Å²) in [6, 6.07) is 5.66. The summed E-state index contributed by atoms with van der Waals surface area (Å²) in [6.45, 7) is 6.87. The van der Waals surface area contributed by atoms with Gasteiger partial charge in [0.1, 0.15) is 5.75 Å². The van der Waals surface area contributed by atoms with E-state index < -0.39 is 0 Å². The van der Waals surface area contributed by atoms with E-state index in [2.05, 4.69) is 12.2 Å². The van der Waals surface area contributed by atoms with E-state index in [1.165, 1.54) is 0 Å². The fourth-order valence-corrected chi connectivity index (χ4v) is 1.80. The fourth-order valence-electron chi connectivity index (χ4n) is 1.80. The zero-order valence-corrected chi connectivity index (χ0v) is 12.8. The lowest BCUT2D eigenvalue weighted by Crippen LogP contribution is -2.38. The normalized spacial score (nSPS) is 10.4. The summed E-state index contributed by atoms with van der Waals surface area (Å²) < 4.78 is 5.59. The molecule has 0 aliphatic rings. The molecular weight excluding hydrogens is 254 g/mol. The molecule has 20 heavy (non-hydrogen) atoms. The number of hydrogen-bond donors (Lipinski definition) is 2. The van der Waals surface area contributed by atoms with Crippen LogP contribution in [0, 0.1) is 0 Å². The number of nitrogens with zero attached hydrogens (tertiary/aromatic N) is 1. The van der Waals surface area contributed by atoms with Crippen LogP contribution in [0.25, 0.3) is 0 Å². The first-order chi connectivity index (χ1) is 9.42. The SMILES string of the molecule is CCCOc1cc(N)cc(N(C)CC(=O)NC(C)C)c1. The van der Waals surface area contributed by atoms with E-state index in [0.29, 0.717) is 12.3 Å². The van der Waals surface area contributed by atoms with Gasteiger partial charge in [0.05, 0.1) is 13.2 Å². The number of nitrogens with two attached hydrogens (primary N) is 1. The Labute approximate surface area is 121 Å². The van der Waals surface area contributed by atoms with Gasteiger partial charge in [-0.25, -0.2) is 0 Å². The standard InChI is InChI=1S/C15H25N3O2/c1-5-6-20-14-8-12(16)7-13(9-14)18(4)10-15(19)17-11(2)3/h7-9,11H,5-6,10,16H2,1-4H3,(H,17,19). The summed E-state index contributed by atoms with van der Waals surface area (Å²) in [5, 5.41) is 2.86. The van der Waals surface area contributed by atoms with Crippen molar-refractivity contribution in [3.8, 4) is 5.75 Å². The molecule has 0 saturated heterocycles. The van der Waals surface area contributed by atoms with E-state index in [-0.39, 0.29) is 18.5 Å². The molecule has 3 N–H and O–H groups in total. The third-order valence-corrected chi connectivity index (χ3v) is 2.66. The second-order valence-corrected chi connectivity index (χ2v) is 5.19. The number of rotatable bonds is 7. The van der Waals surface area contributed by atoms with Crippen LogP contribution in [0.15, 0.2) is 18.2 Å². The highest BCUT2D eigenvalue weighted by Gasteiger charge is 2.10. The number of carbonyl (C=O) groups excluding carboxylic acids is 1. The minimum absolute atomic E-state index is 0.0130. The second-order valence-electron chi connectivity index (χ2n) is 5.19. The molecule has 5 nitrogen and oxygen atoms in total. The number of carbonyl (C=O) groups is 1. The van der Waals surface area contributed by atoms with E-state index in [1.807, 2.05) is 37.9 Å². The third-order valence-electron chi connectivity index (χ3n) is 2.66. The Morgan fingerprint density at radius 3 is 2.70 bits per heavy atom. The topological polar surface area (TPSA) is 67.6 Å². The average molecular weight is 279 g/mol. The molecule has 0 fully saturated rings. The van der Waals surface area contributed by atoms with Crippen molar-refractivity contribution in [2.24, 2.45) is 0 Å². The first-order valence-electron chi connectivity index (χ1n) is 6.96. The Hall–Kier alpha value is -1.91. The van der Waals surface area contributed by atoms with Crippen LogP contribution >= 0.6 is 0 Å². The molecule has 1 rings (SSSR count). The Kier molecular flexibility index (Phi) is 6.15. The summed E-state index contributed by atoms with van der Waals surface area (Å²) in [6.07, 6.45) is 0.941. The van der Waals surface area contributed by atoms with Crippen LogP contribution in [-0.2, 0) is 4.79 Å². The van der Waals surface area contributed by atoms with Gasteiger partial charge < -0.3 is 20.7 Å². The minimum atomic E-state index is -0.0130. The van der Waals surface area contributed by atoms with E-state index in [1.54, 1.807) is 6.07 Å². The summed E-state index contributed by atoms with van der Waals surface area (Å²) in [5.41, 5.74) is 7.37. The van der Waals surface area contributed by atoms with Crippen LogP contribution in [0.2, 0.25) is 0 Å². The number of nitrogen functional groups attached to an aromatic ring is 1. The van der Waals surface area contributed by atoms with Crippen molar-refractivity contribution in [1.29, 1.82) is 0 Å². The van der Waals surface area contributed by atoms with Gasteiger partial charge in [0.15, 0.2) is 0 Å². The average Bonchev–Trinajstić information content (AvgIpc) is 2.34. The lowest BCUT2D eigenvalue weighted by molar-refractivity contribution is -0.120. The molecule has 0 saturated carbocycles. The van der Waals surface area contributed by atoms with Crippen molar-refractivity contribution >= 4 is 17.3 Å². The van der Waals surface area contributed by atoms with E-state index in [9.17, 15) is 4.79 Å². The van der Waals surface area contributed by atoms with Crippen LogP contribution < -0.4 is 20.7 Å². The van der Waals surface area contributed by atoms with E-state index >= 15 is 0 Å². The number of ether oxygens (including phenoxy) is 1. The molecule has 0 aliphatic carbocycles. The first-order valence-corrected chi connectivity index (χ1v) is 6.96. The van der Waals surface area contributed by atoms with Crippen LogP contribution in [0.4, 0.5) is 11.4 Å². The Morgan fingerprint density at radius 2 is 2.10 bits per heavy atom. The molecule has 112 valence electrons. The number of likely N-dealkylation sites (N-methyl/N-ethyl adjacent to an activating group) is 1. The molecule has 0 heterocycles. The molecule has 0 unspecified atom stereocenters. The molecule has 5 heteroatoms. The minimum Gasteiger partial charge on any atom is -0.493 e. The van der Waals surface area contributed by atoms with Crippen LogP contribution in [-0.4, -0.2) is 32.1 Å². The lowest BCUT2D eigenvalue weighted by atomic mass is 10.2. The van der Waals surface area contributed by atoms with Gasteiger partial charge in [-0.1, -0.05) is 6.92 Å². The number of anilines is 2. The molecule has 0 aliphatic heterocycles. The van der Waals surface area contributed by atoms with Crippen LogP contribution in [0.1, 0.15) is 27.2 Å². The predicted octanol–water partition coefficient (Wildman–Crippen LogP) is 2.02. The van der Waals surface area contributed by atoms with Crippen LogP contribution in [0.5, 0.6) is 5.75 Å². The highest BCUT2D eigenvalue weighted by molar-refractivity contribution is 5.81. The van der Waals surface area contributed by atoms with Gasteiger partial charge >= 0.3 is 0 Å². The molecule has 0 aromatic heterocycles. The highest BCUT2D eigenvalue weighted by atomic mass is 16.5. The number of amides is 1. The molecule has 1 aromatic carbocycles. The van der Waals surface area contributed by atoms with Crippen molar-refractivity contribution in [1.82, 2.24) is 5.32 Å². The molecule has 1 aromatic rings. The van der Waals surface area contributed by atoms with Crippen molar-refractivity contribution in [2.45, 2.75) is 33.2 Å². The zero-order chi connectivity index (χ0) is 15.1. The quantitative estimate of drug-likeness (QED) is 0.749. The van der Waals surface area contributed by atoms with Gasteiger partial charge in [0, 0.05) is 36.6 Å². The lowest BCUT2D eigenvalue weighted by Gasteiger charge is -2.21. The Balaban J connectivity index is 2.73. The maximum Gasteiger partial charge on any atom is 0.239 e. The predicted molar refractivity (Wildman–Crippen MR) is 83.2 cm³/mol. The highest BCUT2D eigenvalue weighted by Crippen LogP contribution is 2.25. The van der Waals surface area contributed by atoms with Crippen molar-refractivity contribution < 1.29 is 9.53 Å². The Bertz CT molecular complexity index is 447. The summed E-state index contributed by atoms with van der Waals surface area (Å²) in [5.74, 6) is 0.721. The number of hydrogen-bond acceptors (Lipinski definition) is 4. The van der Waals surface area contributed by atoms with Gasteiger partial charge in [-0.05, 0) is 26.3 Å². The molecule has 0 radical (unpaired) electrons. The molecule has 1 amide bonds. The maximum absolute atomic E-state index is 11.8. The van der Waals surface area contributed by atoms with E-state index in [0.717, 1.165) is 17.9 Å². The van der Waals surface area contributed by atoms with Gasteiger partial charge in [-0.2, -0.15) is 0 Å². The summed E-state index contributed by atoms with van der Waals surface area (Å²) in [4.78, 5) is 13.6. The zero-order valence-electron chi connectivity index (χ0n) is 12.8. The van der Waals surface area contributed by atoms with Gasteiger partial charge in [-0.15, -0.1) is 0 Å². The number of nitrogens with one attached hydrogen (secondary N) is 1. The maximum atomic E-state index is 11.8. The van der Waals surface area contributed by atoms with Crippen molar-refractivity contribution in [2.75, 3.05) is 30.8 Å². The second kappa shape index (κ2) is 7.62. The van der Waals surface area contributed by atoms with Gasteiger partial charge in [0.25, 0.3) is 0 Å². The van der Waals surface area contributed by atoms with Gasteiger partial charge in [0.2, 0.25) is 5.91 Å². The van der Waals surface area contributed by atoms with E-state index in [4.69, 9.17) is 10.5 Å². The van der Waals surface area contributed by atoms with Crippen molar-refractivity contribution in [3.63, 3.8) is 0 Å². The summed E-state index contributed by atoms with van der Waals surface area (Å²) >= 11 is 0. The smallest absolute Gasteiger partial charge is 0.239 e. The molecule has 0 atom stereocenters. The summed E-state index contributed by atoms with van der Waals surface area (Å²) in [7, 11) is 1.86. The first kappa shape index (κ1) is 16.1. The molecule has 0 spiro atoms. The third kappa shape index (κ3) is 5.38. The number of benzene rings is 1. The van der Waals surface area contributed by atoms with Crippen LogP contribution in [0.3, 0.4) is 0 Å². The van der Waals surface area contributed by atoms with Crippen molar-refractivity contribution in [3.05, 3.63) is 18.2 Å².